The van der Waals surface area contributed by atoms with Crippen LogP contribution in [0.5, 0.6) is 0 Å². The molecule has 1 aromatic rings. The van der Waals surface area contributed by atoms with Crippen LogP contribution in [-0.4, -0.2) is 17.8 Å². The molecule has 1 fully saturated rings. The maximum Gasteiger partial charge on any atom is 0.242 e. The van der Waals surface area contributed by atoms with Gasteiger partial charge in [-0.1, -0.05) is 38.8 Å². The molecule has 1 heterocycles. The molecule has 1 aliphatic rings. The summed E-state index contributed by atoms with van der Waals surface area (Å²) in [5.41, 5.74) is -0.426. The van der Waals surface area contributed by atoms with E-state index in [-0.39, 0.29) is 23.7 Å². The second-order valence-corrected chi connectivity index (χ2v) is 6.30. The number of nitrogens with one attached hydrogen (secondary N) is 2. The van der Waals surface area contributed by atoms with E-state index in [0.29, 0.717) is 17.1 Å². The first kappa shape index (κ1) is 17.5. The van der Waals surface area contributed by atoms with Crippen molar-refractivity contribution in [2.24, 2.45) is 16.3 Å². The molecule has 1 aromatic carbocycles. The summed E-state index contributed by atoms with van der Waals surface area (Å²) in [5, 5.41) is 6.08. The van der Waals surface area contributed by atoms with Crippen LogP contribution in [0.4, 0.5) is 5.69 Å². The van der Waals surface area contributed by atoms with Gasteiger partial charge in [-0.2, -0.15) is 0 Å². The van der Waals surface area contributed by atoms with Crippen LogP contribution < -0.4 is 10.6 Å². The topological polar surface area (TPSA) is 70.6 Å². The molecular weight excluding hydrogens is 314 g/mol. The number of carbonyl (C=O) groups is 2. The van der Waals surface area contributed by atoms with E-state index in [1.165, 1.54) is 0 Å². The molecule has 2 amide bonds. The largest absolute Gasteiger partial charge is 0.295 e. The summed E-state index contributed by atoms with van der Waals surface area (Å²) in [5.74, 6) is -0.431. The van der Waals surface area contributed by atoms with Crippen LogP contribution in [0.15, 0.2) is 29.3 Å². The Kier molecular flexibility index (Phi) is 5.42. The SMILES string of the molecule is CCC[C@H](C)C1(CC)C(=O)NC(=Nc2ccc(Cl)cc2)NC1=O. The zero-order valence-electron chi connectivity index (χ0n) is 13.6. The van der Waals surface area contributed by atoms with Crippen LogP contribution in [0.3, 0.4) is 0 Å². The fraction of sp³-hybridized carbons (Fsp3) is 0.471. The number of hydrogen-bond acceptors (Lipinski definition) is 3. The first-order valence-electron chi connectivity index (χ1n) is 7.91. The second-order valence-electron chi connectivity index (χ2n) is 5.86. The van der Waals surface area contributed by atoms with E-state index >= 15 is 0 Å². The van der Waals surface area contributed by atoms with Crippen molar-refractivity contribution in [1.29, 1.82) is 0 Å². The first-order chi connectivity index (χ1) is 10.9. The summed E-state index contributed by atoms with van der Waals surface area (Å²) < 4.78 is 0. The molecule has 0 aromatic heterocycles. The zero-order chi connectivity index (χ0) is 17.0. The molecule has 1 saturated heterocycles. The van der Waals surface area contributed by atoms with Crippen LogP contribution in [0, 0.1) is 11.3 Å². The maximum absolute atomic E-state index is 12.7. The smallest absolute Gasteiger partial charge is 0.242 e. The van der Waals surface area contributed by atoms with Gasteiger partial charge in [0.15, 0.2) is 0 Å². The Labute approximate surface area is 141 Å². The lowest BCUT2D eigenvalue weighted by molar-refractivity contribution is -0.147. The summed E-state index contributed by atoms with van der Waals surface area (Å²) >= 11 is 5.83. The number of amides is 2. The lowest BCUT2D eigenvalue weighted by Crippen LogP contribution is -2.64. The van der Waals surface area contributed by atoms with Gasteiger partial charge in [0.25, 0.3) is 0 Å². The molecule has 2 rings (SSSR count). The van der Waals surface area contributed by atoms with Crippen molar-refractivity contribution in [3.05, 3.63) is 29.3 Å². The molecule has 0 unspecified atom stereocenters. The molecule has 2 N–H and O–H groups in total. The Balaban J connectivity index is 2.26. The standard InChI is InChI=1S/C17H22ClN3O2/c1-4-6-11(3)17(5-2)14(22)20-16(21-15(17)23)19-13-9-7-12(18)8-10-13/h7-11H,4-6H2,1-3H3,(H2,19,20,21,22,23)/t11-/m0/s1. The molecule has 0 bridgehead atoms. The molecule has 1 aliphatic heterocycles. The average Bonchev–Trinajstić information content (AvgIpc) is 2.50. The quantitative estimate of drug-likeness (QED) is 0.809. The Bertz CT molecular complexity index is 605. The average molecular weight is 336 g/mol. The molecule has 0 radical (unpaired) electrons. The molecular formula is C17H22ClN3O2. The van der Waals surface area contributed by atoms with E-state index in [9.17, 15) is 9.59 Å². The number of halogens is 1. The van der Waals surface area contributed by atoms with Crippen molar-refractivity contribution in [3.63, 3.8) is 0 Å². The van der Waals surface area contributed by atoms with Crippen molar-refractivity contribution < 1.29 is 9.59 Å². The number of guanidine groups is 1. The third kappa shape index (κ3) is 3.39. The molecule has 23 heavy (non-hydrogen) atoms. The second kappa shape index (κ2) is 7.13. The Hall–Kier alpha value is -1.88. The van der Waals surface area contributed by atoms with Crippen LogP contribution in [-0.2, 0) is 9.59 Å². The van der Waals surface area contributed by atoms with Gasteiger partial charge in [0.2, 0.25) is 17.8 Å². The van der Waals surface area contributed by atoms with Crippen molar-refractivity contribution >= 4 is 35.1 Å². The molecule has 124 valence electrons. The highest BCUT2D eigenvalue weighted by atomic mass is 35.5. The predicted molar refractivity (Wildman–Crippen MR) is 91.6 cm³/mol. The normalized spacial score (nSPS) is 22.3. The van der Waals surface area contributed by atoms with Crippen LogP contribution in [0.25, 0.3) is 0 Å². The summed E-state index contributed by atoms with van der Waals surface area (Å²) in [6, 6.07) is 6.84. The minimum Gasteiger partial charge on any atom is -0.295 e. The van der Waals surface area contributed by atoms with Crippen LogP contribution in [0.1, 0.15) is 40.0 Å². The van der Waals surface area contributed by atoms with Gasteiger partial charge in [0.1, 0.15) is 5.41 Å². The fourth-order valence-electron chi connectivity index (χ4n) is 3.07. The van der Waals surface area contributed by atoms with E-state index in [1.807, 2.05) is 20.8 Å². The minimum atomic E-state index is -1.03. The van der Waals surface area contributed by atoms with E-state index in [2.05, 4.69) is 15.6 Å². The summed E-state index contributed by atoms with van der Waals surface area (Å²) in [6.07, 6.45) is 2.20. The van der Waals surface area contributed by atoms with Gasteiger partial charge < -0.3 is 0 Å². The molecule has 1 atom stereocenters. The number of hydrogen-bond donors (Lipinski definition) is 2. The maximum atomic E-state index is 12.7. The van der Waals surface area contributed by atoms with Crippen molar-refractivity contribution in [2.75, 3.05) is 0 Å². The Morgan fingerprint density at radius 2 is 1.70 bits per heavy atom. The van der Waals surface area contributed by atoms with Crippen molar-refractivity contribution in [1.82, 2.24) is 10.6 Å². The molecule has 0 aliphatic carbocycles. The highest BCUT2D eigenvalue weighted by Crippen LogP contribution is 2.36. The first-order valence-corrected chi connectivity index (χ1v) is 8.29. The molecule has 0 spiro atoms. The number of rotatable bonds is 5. The third-order valence-electron chi connectivity index (χ3n) is 4.46. The van der Waals surface area contributed by atoms with E-state index in [0.717, 1.165) is 12.8 Å². The van der Waals surface area contributed by atoms with Gasteiger partial charge in [-0.25, -0.2) is 4.99 Å². The van der Waals surface area contributed by atoms with Gasteiger partial charge in [-0.15, -0.1) is 0 Å². The van der Waals surface area contributed by atoms with Crippen LogP contribution >= 0.6 is 11.6 Å². The minimum absolute atomic E-state index is 0.0328. The zero-order valence-corrected chi connectivity index (χ0v) is 14.4. The fourth-order valence-corrected chi connectivity index (χ4v) is 3.20. The van der Waals surface area contributed by atoms with Crippen molar-refractivity contribution in [2.45, 2.75) is 40.0 Å². The van der Waals surface area contributed by atoms with E-state index < -0.39 is 5.41 Å². The monoisotopic (exact) mass is 335 g/mol. The summed E-state index contributed by atoms with van der Waals surface area (Å²) in [6.45, 7) is 5.87. The highest BCUT2D eigenvalue weighted by Gasteiger charge is 2.51. The molecule has 6 heteroatoms. The Morgan fingerprint density at radius 3 is 2.17 bits per heavy atom. The lowest BCUT2D eigenvalue weighted by Gasteiger charge is -2.38. The van der Waals surface area contributed by atoms with E-state index in [4.69, 9.17) is 11.6 Å². The third-order valence-corrected chi connectivity index (χ3v) is 4.71. The summed E-state index contributed by atoms with van der Waals surface area (Å²) in [7, 11) is 0. The van der Waals surface area contributed by atoms with Gasteiger partial charge in [0.05, 0.1) is 5.69 Å². The van der Waals surface area contributed by atoms with Crippen LogP contribution in [0.2, 0.25) is 5.02 Å². The number of benzene rings is 1. The number of nitrogens with zero attached hydrogens (tertiary/aromatic N) is 1. The van der Waals surface area contributed by atoms with Gasteiger partial charge in [-0.05, 0) is 43.0 Å². The van der Waals surface area contributed by atoms with Gasteiger partial charge >= 0.3 is 0 Å². The Morgan fingerprint density at radius 1 is 1.13 bits per heavy atom. The van der Waals surface area contributed by atoms with Gasteiger partial charge in [0, 0.05) is 5.02 Å². The molecule has 0 saturated carbocycles. The molecule has 5 nitrogen and oxygen atoms in total. The number of aliphatic imine (C=N–C) groups is 1. The summed E-state index contributed by atoms with van der Waals surface area (Å²) in [4.78, 5) is 29.6. The number of carbonyl (C=O) groups excluding carboxylic acids is 2. The van der Waals surface area contributed by atoms with Gasteiger partial charge in [-0.3, -0.25) is 20.2 Å². The lowest BCUT2D eigenvalue weighted by atomic mass is 9.70. The highest BCUT2D eigenvalue weighted by molar-refractivity contribution is 6.30. The van der Waals surface area contributed by atoms with E-state index in [1.54, 1.807) is 24.3 Å². The predicted octanol–water partition coefficient (Wildman–Crippen LogP) is 3.41. The van der Waals surface area contributed by atoms with Crippen molar-refractivity contribution in [3.8, 4) is 0 Å².